The summed E-state index contributed by atoms with van der Waals surface area (Å²) < 4.78 is 8.96. The highest BCUT2D eigenvalue weighted by Gasteiger charge is 2.33. The number of carbonyl (C=O) groups excluding carboxylic acids is 2. The van der Waals surface area contributed by atoms with Gasteiger partial charge in [-0.25, -0.2) is 4.79 Å². The van der Waals surface area contributed by atoms with Crippen LogP contribution in [0, 0.1) is 0 Å². The minimum atomic E-state index is -0.599. The lowest BCUT2D eigenvalue weighted by atomic mass is 10.2. The minimum Gasteiger partial charge on any atom is -0.459 e. The number of aromatic nitrogens is 4. The van der Waals surface area contributed by atoms with E-state index >= 15 is 0 Å². The first-order valence-electron chi connectivity index (χ1n) is 7.34. The van der Waals surface area contributed by atoms with Gasteiger partial charge in [0.2, 0.25) is 11.9 Å². The monoisotopic (exact) mass is 335 g/mol. The number of rotatable bonds is 1. The smallest absolute Gasteiger partial charge is 0.332 e. The van der Waals surface area contributed by atoms with E-state index in [-0.39, 0.29) is 36.1 Å². The van der Waals surface area contributed by atoms with Crippen LogP contribution in [0.3, 0.4) is 0 Å². The van der Waals surface area contributed by atoms with E-state index in [9.17, 15) is 19.2 Å². The average Bonchev–Trinajstić information content (AvgIpc) is 2.88. The summed E-state index contributed by atoms with van der Waals surface area (Å²) in [6.07, 6.45) is -0.599. The normalized spacial score (nSPS) is 17.0. The highest BCUT2D eigenvalue weighted by molar-refractivity contribution is 5.92. The summed E-state index contributed by atoms with van der Waals surface area (Å²) in [6, 6.07) is 0. The van der Waals surface area contributed by atoms with Crippen LogP contribution >= 0.6 is 0 Å². The zero-order chi connectivity index (χ0) is 17.8. The van der Waals surface area contributed by atoms with Gasteiger partial charge in [-0.1, -0.05) is 0 Å². The van der Waals surface area contributed by atoms with Gasteiger partial charge in [0.05, 0.1) is 13.1 Å². The van der Waals surface area contributed by atoms with Gasteiger partial charge in [-0.2, -0.15) is 4.98 Å². The topological polar surface area (TPSA) is 108 Å². The molecule has 1 amide bonds. The zero-order valence-corrected chi connectivity index (χ0v) is 13.8. The summed E-state index contributed by atoms with van der Waals surface area (Å²) in [5.41, 5.74) is -0.641. The van der Waals surface area contributed by atoms with Crippen molar-refractivity contribution in [1.29, 1.82) is 0 Å². The van der Waals surface area contributed by atoms with Crippen LogP contribution in [-0.2, 0) is 35.0 Å². The molecule has 0 aliphatic carbocycles. The number of hydrogen-bond acceptors (Lipinski definition) is 6. The molecule has 0 saturated carbocycles. The molecule has 0 radical (unpaired) electrons. The van der Waals surface area contributed by atoms with E-state index in [1.165, 1.54) is 42.0 Å². The number of fused-ring (bicyclic) bond motifs is 3. The lowest BCUT2D eigenvalue weighted by Crippen LogP contribution is -2.46. The fourth-order valence-corrected chi connectivity index (χ4v) is 2.94. The zero-order valence-electron chi connectivity index (χ0n) is 13.8. The molecule has 24 heavy (non-hydrogen) atoms. The molecule has 0 bridgehead atoms. The molecule has 3 rings (SSSR count). The largest absolute Gasteiger partial charge is 0.459 e. The maximum Gasteiger partial charge on any atom is 0.332 e. The molecule has 1 aliphatic rings. The molecule has 1 aliphatic heterocycles. The van der Waals surface area contributed by atoms with Crippen LogP contribution in [-0.4, -0.2) is 43.2 Å². The van der Waals surface area contributed by atoms with Crippen molar-refractivity contribution < 1.29 is 14.3 Å². The Morgan fingerprint density at radius 1 is 1.12 bits per heavy atom. The maximum absolute atomic E-state index is 12.5. The Balaban J connectivity index is 2.31. The fourth-order valence-electron chi connectivity index (χ4n) is 2.94. The third kappa shape index (κ3) is 2.22. The van der Waals surface area contributed by atoms with Crippen molar-refractivity contribution in [3.8, 4) is 0 Å². The Labute approximate surface area is 135 Å². The first kappa shape index (κ1) is 16.0. The minimum absolute atomic E-state index is 0.145. The third-order valence-electron chi connectivity index (χ3n) is 4.05. The molecule has 1 unspecified atom stereocenters. The van der Waals surface area contributed by atoms with Crippen molar-refractivity contribution in [2.45, 2.75) is 26.5 Å². The van der Waals surface area contributed by atoms with Crippen molar-refractivity contribution >= 4 is 29.0 Å². The molecular formula is C14H17N5O5. The van der Waals surface area contributed by atoms with E-state index in [0.29, 0.717) is 0 Å². The van der Waals surface area contributed by atoms with E-state index in [1.807, 2.05) is 0 Å². The van der Waals surface area contributed by atoms with Crippen LogP contribution in [0.5, 0.6) is 0 Å². The number of ether oxygens (including phenoxy) is 1. The molecule has 0 fully saturated rings. The second-order valence-electron chi connectivity index (χ2n) is 5.76. The van der Waals surface area contributed by atoms with Gasteiger partial charge in [0.15, 0.2) is 11.2 Å². The van der Waals surface area contributed by atoms with E-state index < -0.39 is 23.3 Å². The summed E-state index contributed by atoms with van der Waals surface area (Å²) in [7, 11) is 2.88. The van der Waals surface area contributed by atoms with E-state index in [2.05, 4.69) is 4.98 Å². The van der Waals surface area contributed by atoms with E-state index in [4.69, 9.17) is 4.74 Å². The van der Waals surface area contributed by atoms with Gasteiger partial charge in [-0.3, -0.25) is 28.4 Å². The summed E-state index contributed by atoms with van der Waals surface area (Å²) >= 11 is 0. The first-order chi connectivity index (χ1) is 11.2. The lowest BCUT2D eigenvalue weighted by Gasteiger charge is -2.31. The number of carbonyl (C=O) groups is 2. The number of amides is 1. The maximum atomic E-state index is 12.5. The summed E-state index contributed by atoms with van der Waals surface area (Å²) in [5.74, 6) is -0.513. The van der Waals surface area contributed by atoms with Gasteiger partial charge in [0.25, 0.3) is 5.56 Å². The second kappa shape index (κ2) is 5.32. The van der Waals surface area contributed by atoms with Crippen LogP contribution in [0.4, 0.5) is 5.95 Å². The molecule has 3 heterocycles. The van der Waals surface area contributed by atoms with Gasteiger partial charge in [-0.05, 0) is 0 Å². The molecule has 2 aromatic rings. The predicted molar refractivity (Wildman–Crippen MR) is 83.8 cm³/mol. The van der Waals surface area contributed by atoms with Crippen molar-refractivity contribution in [3.63, 3.8) is 0 Å². The van der Waals surface area contributed by atoms with Gasteiger partial charge < -0.3 is 9.30 Å². The molecular weight excluding hydrogens is 318 g/mol. The number of hydrogen-bond donors (Lipinski definition) is 0. The quantitative estimate of drug-likeness (QED) is 0.601. The molecule has 0 aromatic carbocycles. The number of anilines is 1. The number of aryl methyl sites for hydroxylation is 1. The molecule has 10 heteroatoms. The summed E-state index contributed by atoms with van der Waals surface area (Å²) in [6.45, 7) is 2.97. The SMILES string of the molecule is CC(=O)OC1CN(C(C)=O)c2nc3c(c(=O)n(C)c(=O)n3C)n2C1. The predicted octanol–water partition coefficient (Wildman–Crippen LogP) is -1.27. The molecule has 0 spiro atoms. The lowest BCUT2D eigenvalue weighted by molar-refractivity contribution is -0.147. The Kier molecular flexibility index (Phi) is 3.54. The van der Waals surface area contributed by atoms with E-state index in [0.717, 1.165) is 4.57 Å². The first-order valence-corrected chi connectivity index (χ1v) is 7.34. The number of nitrogens with zero attached hydrogens (tertiary/aromatic N) is 5. The second-order valence-corrected chi connectivity index (χ2v) is 5.76. The van der Waals surface area contributed by atoms with Gasteiger partial charge in [-0.15, -0.1) is 0 Å². The van der Waals surface area contributed by atoms with Crippen LogP contribution in [0.15, 0.2) is 9.59 Å². The van der Waals surface area contributed by atoms with Crippen LogP contribution < -0.4 is 16.1 Å². The Morgan fingerprint density at radius 2 is 1.79 bits per heavy atom. The Hall–Kier alpha value is -2.91. The van der Waals surface area contributed by atoms with Gasteiger partial charge in [0, 0.05) is 27.9 Å². The van der Waals surface area contributed by atoms with Crippen molar-refractivity contribution in [3.05, 3.63) is 20.8 Å². The van der Waals surface area contributed by atoms with Crippen LogP contribution in [0.25, 0.3) is 11.2 Å². The van der Waals surface area contributed by atoms with Crippen molar-refractivity contribution in [1.82, 2.24) is 18.7 Å². The fraction of sp³-hybridized carbons (Fsp3) is 0.500. The van der Waals surface area contributed by atoms with Crippen LogP contribution in [0.2, 0.25) is 0 Å². The van der Waals surface area contributed by atoms with Gasteiger partial charge >= 0.3 is 11.7 Å². The number of esters is 1. The van der Waals surface area contributed by atoms with E-state index in [1.54, 1.807) is 0 Å². The molecule has 10 nitrogen and oxygen atoms in total. The highest BCUT2D eigenvalue weighted by atomic mass is 16.5. The Bertz CT molecular complexity index is 982. The van der Waals surface area contributed by atoms with Gasteiger partial charge in [0.1, 0.15) is 6.10 Å². The highest BCUT2D eigenvalue weighted by Crippen LogP contribution is 2.25. The molecule has 128 valence electrons. The number of imidazole rings is 1. The molecule has 0 saturated heterocycles. The van der Waals surface area contributed by atoms with Crippen molar-refractivity contribution in [2.24, 2.45) is 14.1 Å². The Morgan fingerprint density at radius 3 is 2.38 bits per heavy atom. The summed E-state index contributed by atoms with van der Waals surface area (Å²) in [5, 5.41) is 0. The average molecular weight is 335 g/mol. The molecule has 1 atom stereocenters. The standard InChI is InChI=1S/C14H17N5O5/c1-7(20)18-5-9(24-8(2)21)6-19-10-11(15-13(18)19)16(3)14(23)17(4)12(10)22/h9H,5-6H2,1-4H3. The molecule has 2 aromatic heterocycles. The van der Waals surface area contributed by atoms with Crippen LogP contribution in [0.1, 0.15) is 13.8 Å². The van der Waals surface area contributed by atoms with Crippen molar-refractivity contribution in [2.75, 3.05) is 11.4 Å². The summed E-state index contributed by atoms with van der Waals surface area (Å²) in [4.78, 5) is 53.4. The third-order valence-corrected chi connectivity index (χ3v) is 4.05. The molecule has 0 N–H and O–H groups in total.